The molecule has 28 heavy (non-hydrogen) atoms. The van der Waals surface area contributed by atoms with Crippen LogP contribution in [0.15, 0.2) is 36.0 Å². The second-order valence-electron chi connectivity index (χ2n) is 6.77. The van der Waals surface area contributed by atoms with Gasteiger partial charge in [-0.1, -0.05) is 29.3 Å². The topological polar surface area (TPSA) is 146 Å². The van der Waals surface area contributed by atoms with E-state index < -0.39 is 30.3 Å². The number of hydrogen-bond acceptors (Lipinski definition) is 7. The Morgan fingerprint density at radius 3 is 2.71 bits per heavy atom. The Morgan fingerprint density at radius 2 is 2.00 bits per heavy atom. The maximum atomic E-state index is 10.8. The van der Waals surface area contributed by atoms with Crippen molar-refractivity contribution in [3.8, 4) is 0 Å². The maximum Gasteiger partial charge on any atom is 0.202 e. The van der Waals surface area contributed by atoms with Crippen LogP contribution in [0.3, 0.4) is 0 Å². The highest BCUT2D eigenvalue weighted by Gasteiger charge is 2.46. The minimum Gasteiger partial charge on any atom is -0.390 e. The van der Waals surface area contributed by atoms with Crippen molar-refractivity contribution >= 4 is 34.4 Å². The molecule has 0 saturated heterocycles. The van der Waals surface area contributed by atoms with Crippen molar-refractivity contribution in [1.29, 1.82) is 0 Å². The summed E-state index contributed by atoms with van der Waals surface area (Å²) in [5.41, 5.74) is 1.77. The van der Waals surface area contributed by atoms with Crippen LogP contribution in [0.25, 0.3) is 11.2 Å². The number of aliphatic hydroxyl groups is 3. The Labute approximate surface area is 169 Å². The molecule has 0 bridgehead atoms. The molecule has 3 aromatic rings. The van der Waals surface area contributed by atoms with Crippen LogP contribution in [0.1, 0.15) is 24.1 Å². The lowest BCUT2D eigenvalue weighted by atomic mass is 9.92. The van der Waals surface area contributed by atoms with Crippen LogP contribution in [-0.2, 0) is 0 Å². The molecule has 1 aliphatic carbocycles. The molecular weight excluding hydrogens is 407 g/mol. The van der Waals surface area contributed by atoms with Crippen LogP contribution >= 0.6 is 23.2 Å². The van der Waals surface area contributed by atoms with Crippen LogP contribution in [0.5, 0.6) is 0 Å². The van der Waals surface area contributed by atoms with E-state index in [0.29, 0.717) is 33.2 Å². The van der Waals surface area contributed by atoms with Gasteiger partial charge >= 0.3 is 0 Å². The van der Waals surface area contributed by atoms with E-state index in [1.54, 1.807) is 22.8 Å². The zero-order chi connectivity index (χ0) is 20.0. The molecule has 0 spiro atoms. The van der Waals surface area contributed by atoms with Gasteiger partial charge in [0.2, 0.25) is 5.49 Å². The van der Waals surface area contributed by atoms with Gasteiger partial charge in [-0.05, 0) is 24.1 Å². The largest absolute Gasteiger partial charge is 0.390 e. The molecule has 1 saturated carbocycles. The third kappa shape index (κ3) is 3.05. The Kier molecular flexibility index (Phi) is 5.02. The Morgan fingerprint density at radius 1 is 1.21 bits per heavy atom. The van der Waals surface area contributed by atoms with Crippen molar-refractivity contribution in [3.05, 3.63) is 52.0 Å². The molecule has 1 aromatic carbocycles. The monoisotopic (exact) mass is 424 g/mol. The quantitative estimate of drug-likeness (QED) is 0.311. The summed E-state index contributed by atoms with van der Waals surface area (Å²) in [6.07, 6.45) is -0.0371. The lowest BCUT2D eigenvalue weighted by Crippen LogP contribution is -2.31. The zero-order valence-electron chi connectivity index (χ0n) is 14.4. The third-order valence-corrected chi connectivity index (χ3v) is 6.00. The highest BCUT2D eigenvalue weighted by molar-refractivity contribution is 6.42. The molecule has 4 rings (SSSR count). The molecule has 11 heteroatoms. The lowest BCUT2D eigenvalue weighted by molar-refractivity contribution is -0.0264. The van der Waals surface area contributed by atoms with E-state index in [1.807, 2.05) is 0 Å². The summed E-state index contributed by atoms with van der Waals surface area (Å²) >= 11 is 12.0. The number of imidazole rings is 1. The average Bonchev–Trinajstić information content (AvgIpc) is 3.25. The van der Waals surface area contributed by atoms with Gasteiger partial charge in [-0.15, -0.1) is 0 Å². The first-order chi connectivity index (χ1) is 13.4. The maximum absolute atomic E-state index is 10.8. The SMILES string of the molecule is N/N=c1/nc[nH]c2c1ncn2[C@@H]1C[C@H](C(O)c2ccc(Cl)c(Cl)c2)[C@@H](O)[C@H]1O. The minimum atomic E-state index is -1.15. The van der Waals surface area contributed by atoms with E-state index in [1.165, 1.54) is 12.7 Å². The van der Waals surface area contributed by atoms with E-state index >= 15 is 0 Å². The number of halogens is 2. The number of aromatic amines is 1. The summed E-state index contributed by atoms with van der Waals surface area (Å²) in [5, 5.41) is 36.3. The van der Waals surface area contributed by atoms with E-state index in [0.717, 1.165) is 0 Å². The Bertz CT molecular complexity index is 1080. The van der Waals surface area contributed by atoms with Gasteiger partial charge in [-0.2, -0.15) is 5.10 Å². The third-order valence-electron chi connectivity index (χ3n) is 5.26. The van der Waals surface area contributed by atoms with Gasteiger partial charge in [0.1, 0.15) is 11.8 Å². The van der Waals surface area contributed by atoms with Crippen molar-refractivity contribution in [2.24, 2.45) is 16.9 Å². The molecule has 1 unspecified atom stereocenters. The molecule has 0 aliphatic heterocycles. The number of nitrogens with one attached hydrogen (secondary N) is 1. The Hall–Kier alpha value is -2.17. The second kappa shape index (κ2) is 7.34. The van der Waals surface area contributed by atoms with Crippen LogP contribution in [0, 0.1) is 5.92 Å². The van der Waals surface area contributed by atoms with E-state index in [9.17, 15) is 15.3 Å². The fourth-order valence-corrected chi connectivity index (χ4v) is 4.11. The molecule has 0 radical (unpaired) electrons. The number of nitrogens with zero attached hydrogens (tertiary/aromatic N) is 4. The number of aromatic nitrogens is 4. The van der Waals surface area contributed by atoms with E-state index in [2.05, 4.69) is 20.1 Å². The summed E-state index contributed by atoms with van der Waals surface area (Å²) in [7, 11) is 0. The number of aliphatic hydroxyl groups excluding tert-OH is 3. The van der Waals surface area contributed by atoms with Gasteiger partial charge in [0.05, 0.1) is 40.9 Å². The van der Waals surface area contributed by atoms with Gasteiger partial charge in [0.15, 0.2) is 5.52 Å². The van der Waals surface area contributed by atoms with Crippen LogP contribution in [0.2, 0.25) is 10.0 Å². The van der Waals surface area contributed by atoms with Gasteiger partial charge < -0.3 is 30.7 Å². The van der Waals surface area contributed by atoms with Crippen LogP contribution in [0.4, 0.5) is 0 Å². The van der Waals surface area contributed by atoms with Gasteiger partial charge in [0, 0.05) is 5.92 Å². The zero-order valence-corrected chi connectivity index (χ0v) is 16.0. The molecule has 2 aromatic heterocycles. The number of fused-ring (bicyclic) bond motifs is 1. The van der Waals surface area contributed by atoms with Crippen molar-refractivity contribution in [3.63, 3.8) is 0 Å². The van der Waals surface area contributed by atoms with Crippen molar-refractivity contribution in [2.75, 3.05) is 0 Å². The number of hydrogen-bond donors (Lipinski definition) is 5. The average molecular weight is 425 g/mol. The van der Waals surface area contributed by atoms with Crippen molar-refractivity contribution in [2.45, 2.75) is 30.8 Å². The molecule has 5 atom stereocenters. The summed E-state index contributed by atoms with van der Waals surface area (Å²) in [6, 6.07) is 4.27. The Balaban J connectivity index is 1.67. The van der Waals surface area contributed by atoms with Gasteiger partial charge in [-0.25, -0.2) is 9.97 Å². The van der Waals surface area contributed by atoms with E-state index in [4.69, 9.17) is 29.0 Å². The van der Waals surface area contributed by atoms with Crippen molar-refractivity contribution < 1.29 is 15.3 Å². The predicted octanol–water partition coefficient (Wildman–Crippen LogP) is 0.857. The number of benzene rings is 1. The van der Waals surface area contributed by atoms with Gasteiger partial charge in [0.25, 0.3) is 0 Å². The fourth-order valence-electron chi connectivity index (χ4n) is 3.81. The van der Waals surface area contributed by atoms with Crippen molar-refractivity contribution in [1.82, 2.24) is 19.5 Å². The first-order valence-corrected chi connectivity index (χ1v) is 9.31. The fraction of sp³-hybridized carbons (Fsp3) is 0.353. The molecule has 2 heterocycles. The number of nitrogens with two attached hydrogens (primary N) is 1. The second-order valence-corrected chi connectivity index (χ2v) is 7.59. The van der Waals surface area contributed by atoms with Crippen LogP contribution < -0.4 is 11.3 Å². The van der Waals surface area contributed by atoms with Gasteiger partial charge in [-0.3, -0.25) is 0 Å². The standard InChI is InChI=1S/C17H18Cl2N6O3/c18-9-2-1-7(3-10(9)19)13(26)8-4-11(15(28)14(8)27)25-6-23-12-16(24-20)21-5-22-17(12)25/h1-3,5-6,8,11,13-15,26-28H,4,20H2,(H,21,22,24)/t8-,11-,13?,14-,15+/m1/s1. The highest BCUT2D eigenvalue weighted by atomic mass is 35.5. The smallest absolute Gasteiger partial charge is 0.202 e. The minimum absolute atomic E-state index is 0.257. The van der Waals surface area contributed by atoms with Crippen LogP contribution in [-0.4, -0.2) is 47.0 Å². The normalized spacial score (nSPS) is 26.8. The molecular formula is C17H18Cl2N6O3. The summed E-state index contributed by atoms with van der Waals surface area (Å²) in [4.78, 5) is 11.2. The predicted molar refractivity (Wildman–Crippen MR) is 102 cm³/mol. The molecule has 0 amide bonds. The lowest BCUT2D eigenvalue weighted by Gasteiger charge is -2.22. The molecule has 6 N–H and O–H groups in total. The first-order valence-electron chi connectivity index (χ1n) is 8.55. The first kappa shape index (κ1) is 19.2. The molecule has 1 aliphatic rings. The summed E-state index contributed by atoms with van der Waals surface area (Å²) in [6.45, 7) is 0. The number of H-pyrrole nitrogens is 1. The summed E-state index contributed by atoms with van der Waals surface area (Å²) in [5.74, 6) is 4.72. The molecule has 1 fully saturated rings. The molecule has 9 nitrogen and oxygen atoms in total. The summed E-state index contributed by atoms with van der Waals surface area (Å²) < 4.78 is 1.70. The molecule has 148 valence electrons. The number of rotatable bonds is 3. The highest BCUT2D eigenvalue weighted by Crippen LogP contribution is 2.43. The van der Waals surface area contributed by atoms with E-state index in [-0.39, 0.29) is 5.49 Å².